The monoisotopic (exact) mass is 520 g/mol. The predicted molar refractivity (Wildman–Crippen MR) is 147 cm³/mol. The molecule has 0 saturated carbocycles. The third kappa shape index (κ3) is 9.08. The highest BCUT2D eigenvalue weighted by Crippen LogP contribution is 2.22. The standard InChI is InChI=1S/C29H32N2O5S/c1-21(20-36-18-19-37-27-17-9-16-26(31-27)35-2)10-8-15-25(29(33)34)30-24-14-7-6-13-23(24)28(32)22-11-4-3-5-12-22/h3-7,9-14,16-17,25,30H,8,15,18-20H2,1-2H3,(H,33,34)/b21-10+. The van der Waals surface area contributed by atoms with Crippen molar-refractivity contribution in [2.45, 2.75) is 30.8 Å². The van der Waals surface area contributed by atoms with Crippen LogP contribution in [0.5, 0.6) is 5.88 Å². The maximum absolute atomic E-state index is 13.0. The molecule has 0 fully saturated rings. The van der Waals surface area contributed by atoms with Crippen molar-refractivity contribution in [1.29, 1.82) is 0 Å². The van der Waals surface area contributed by atoms with Gasteiger partial charge in [-0.2, -0.15) is 0 Å². The molecular weight excluding hydrogens is 488 g/mol. The quantitative estimate of drug-likeness (QED) is 0.114. The van der Waals surface area contributed by atoms with Gasteiger partial charge in [0.25, 0.3) is 0 Å². The first kappa shape index (κ1) is 28.0. The Bertz CT molecular complexity index is 1200. The maximum Gasteiger partial charge on any atom is 0.326 e. The zero-order valence-corrected chi connectivity index (χ0v) is 21.9. The van der Waals surface area contributed by atoms with Crippen molar-refractivity contribution in [3.8, 4) is 5.88 Å². The van der Waals surface area contributed by atoms with Gasteiger partial charge in [0, 0.05) is 28.6 Å². The fraction of sp³-hybridized carbons (Fsp3) is 0.276. The molecule has 0 aliphatic carbocycles. The largest absolute Gasteiger partial charge is 0.481 e. The number of rotatable bonds is 15. The summed E-state index contributed by atoms with van der Waals surface area (Å²) in [4.78, 5) is 29.2. The molecule has 0 radical (unpaired) electrons. The molecule has 0 saturated heterocycles. The van der Waals surface area contributed by atoms with Crippen LogP contribution in [0.4, 0.5) is 5.69 Å². The summed E-state index contributed by atoms with van der Waals surface area (Å²) in [5, 5.41) is 13.7. The first-order valence-corrected chi connectivity index (χ1v) is 13.0. The molecule has 1 unspecified atom stereocenters. The van der Waals surface area contributed by atoms with Gasteiger partial charge in [-0.05, 0) is 38.0 Å². The van der Waals surface area contributed by atoms with Gasteiger partial charge in [-0.1, -0.05) is 60.2 Å². The van der Waals surface area contributed by atoms with Crippen LogP contribution in [0.2, 0.25) is 0 Å². The van der Waals surface area contributed by atoms with E-state index >= 15 is 0 Å². The molecule has 0 bridgehead atoms. The average molecular weight is 521 g/mol. The van der Waals surface area contributed by atoms with Crippen molar-refractivity contribution in [3.05, 3.63) is 95.6 Å². The van der Waals surface area contributed by atoms with E-state index in [4.69, 9.17) is 9.47 Å². The molecule has 2 N–H and O–H groups in total. The number of aromatic nitrogens is 1. The van der Waals surface area contributed by atoms with Crippen LogP contribution in [0.3, 0.4) is 0 Å². The van der Waals surface area contributed by atoms with Gasteiger partial charge < -0.3 is 19.9 Å². The van der Waals surface area contributed by atoms with Crippen LogP contribution in [0, 0.1) is 0 Å². The number of hydrogen-bond acceptors (Lipinski definition) is 7. The number of aliphatic carboxylic acids is 1. The molecular formula is C29H32N2O5S. The van der Waals surface area contributed by atoms with Crippen molar-refractivity contribution in [2.75, 3.05) is 31.4 Å². The number of carboxylic acid groups (broad SMARTS) is 1. The summed E-state index contributed by atoms with van der Waals surface area (Å²) >= 11 is 1.60. The fourth-order valence-electron chi connectivity index (χ4n) is 3.58. The Labute approximate surface area is 221 Å². The van der Waals surface area contributed by atoms with Crippen molar-refractivity contribution < 1.29 is 24.2 Å². The average Bonchev–Trinajstić information content (AvgIpc) is 2.92. The molecule has 7 nitrogen and oxygen atoms in total. The molecule has 0 amide bonds. The third-order valence-electron chi connectivity index (χ3n) is 5.50. The predicted octanol–water partition coefficient (Wildman–Crippen LogP) is 5.72. The van der Waals surface area contributed by atoms with Gasteiger partial charge in [-0.3, -0.25) is 4.79 Å². The molecule has 8 heteroatoms. The SMILES string of the molecule is COc1cccc(SCCOC/C(C)=C/CCC(Nc2ccccc2C(=O)c2ccccc2)C(=O)O)n1. The van der Waals surface area contributed by atoms with Crippen molar-refractivity contribution in [1.82, 2.24) is 4.98 Å². The number of benzene rings is 2. The summed E-state index contributed by atoms with van der Waals surface area (Å²) < 4.78 is 10.9. The number of thioether (sulfide) groups is 1. The first-order chi connectivity index (χ1) is 18.0. The minimum atomic E-state index is -0.965. The second kappa shape index (κ2) is 14.8. The van der Waals surface area contributed by atoms with Crippen LogP contribution >= 0.6 is 11.8 Å². The lowest BCUT2D eigenvalue weighted by Gasteiger charge is -2.18. The molecule has 1 aromatic heterocycles. The molecule has 0 aliphatic heterocycles. The number of carboxylic acids is 1. The number of carbonyl (C=O) groups excluding carboxylic acids is 1. The molecule has 1 heterocycles. The zero-order valence-electron chi connectivity index (χ0n) is 21.1. The lowest BCUT2D eigenvalue weighted by atomic mass is 10.0. The van der Waals surface area contributed by atoms with Gasteiger partial charge in [-0.15, -0.1) is 11.8 Å². The summed E-state index contributed by atoms with van der Waals surface area (Å²) in [5.74, 6) is 0.234. The van der Waals surface area contributed by atoms with Gasteiger partial charge in [-0.25, -0.2) is 9.78 Å². The smallest absolute Gasteiger partial charge is 0.326 e. The lowest BCUT2D eigenvalue weighted by molar-refractivity contribution is -0.138. The van der Waals surface area contributed by atoms with E-state index in [2.05, 4.69) is 10.3 Å². The van der Waals surface area contributed by atoms with E-state index in [1.165, 1.54) is 0 Å². The molecule has 1 atom stereocenters. The van der Waals surface area contributed by atoms with Crippen molar-refractivity contribution in [2.24, 2.45) is 0 Å². The minimum absolute atomic E-state index is 0.152. The number of ether oxygens (including phenoxy) is 2. The van der Waals surface area contributed by atoms with Gasteiger partial charge >= 0.3 is 5.97 Å². The van der Waals surface area contributed by atoms with E-state index in [9.17, 15) is 14.7 Å². The normalized spacial score (nSPS) is 12.1. The summed E-state index contributed by atoms with van der Waals surface area (Å²) in [5.41, 5.74) is 2.55. The van der Waals surface area contributed by atoms with Crippen molar-refractivity contribution >= 4 is 29.2 Å². The lowest BCUT2D eigenvalue weighted by Crippen LogP contribution is -2.29. The summed E-state index contributed by atoms with van der Waals surface area (Å²) in [6.45, 7) is 3.01. The van der Waals surface area contributed by atoms with Gasteiger partial charge in [0.2, 0.25) is 5.88 Å². The second-order valence-corrected chi connectivity index (χ2v) is 9.44. The van der Waals surface area contributed by atoms with E-state index < -0.39 is 12.0 Å². The number of methoxy groups -OCH3 is 1. The van der Waals surface area contributed by atoms with Crippen LogP contribution in [0.15, 0.2) is 89.5 Å². The van der Waals surface area contributed by atoms with E-state index in [0.717, 1.165) is 16.4 Å². The second-order valence-electron chi connectivity index (χ2n) is 8.32. The molecule has 3 rings (SSSR count). The number of anilines is 1. The fourth-order valence-corrected chi connectivity index (χ4v) is 4.32. The number of allylic oxidation sites excluding steroid dienone is 1. The van der Waals surface area contributed by atoms with E-state index in [-0.39, 0.29) is 5.78 Å². The number of hydrogen-bond donors (Lipinski definition) is 2. The van der Waals surface area contributed by atoms with E-state index in [1.807, 2.05) is 37.3 Å². The Morgan fingerprint density at radius 1 is 1.05 bits per heavy atom. The molecule has 0 spiro atoms. The Kier molecular flexibility index (Phi) is 11.2. The highest BCUT2D eigenvalue weighted by atomic mass is 32.2. The maximum atomic E-state index is 13.0. The Balaban J connectivity index is 1.47. The van der Waals surface area contributed by atoms with Gasteiger partial charge in [0.15, 0.2) is 5.78 Å². The van der Waals surface area contributed by atoms with Crippen LogP contribution in [0.25, 0.3) is 0 Å². The summed E-state index contributed by atoms with van der Waals surface area (Å²) in [6.07, 6.45) is 2.93. The summed E-state index contributed by atoms with van der Waals surface area (Å²) in [7, 11) is 1.59. The van der Waals surface area contributed by atoms with E-state index in [0.29, 0.717) is 48.7 Å². The molecule has 37 heavy (non-hydrogen) atoms. The van der Waals surface area contributed by atoms with Crippen LogP contribution in [-0.4, -0.2) is 54.0 Å². The Morgan fingerprint density at radius 3 is 2.57 bits per heavy atom. The number of carbonyl (C=O) groups is 2. The van der Waals surface area contributed by atoms with Crippen LogP contribution in [-0.2, 0) is 9.53 Å². The number of para-hydroxylation sites is 1. The van der Waals surface area contributed by atoms with Gasteiger partial charge in [0.05, 0.1) is 20.3 Å². The molecule has 194 valence electrons. The topological polar surface area (TPSA) is 97.8 Å². The molecule has 3 aromatic rings. The highest BCUT2D eigenvalue weighted by molar-refractivity contribution is 7.99. The Hall–Kier alpha value is -3.62. The third-order valence-corrected chi connectivity index (χ3v) is 6.39. The van der Waals surface area contributed by atoms with Gasteiger partial charge in [0.1, 0.15) is 11.1 Å². The molecule has 0 aliphatic rings. The summed E-state index contributed by atoms with van der Waals surface area (Å²) in [6, 6.07) is 20.8. The number of nitrogens with one attached hydrogen (secondary N) is 1. The van der Waals surface area contributed by atoms with E-state index in [1.54, 1.807) is 67.4 Å². The highest BCUT2D eigenvalue weighted by Gasteiger charge is 2.20. The van der Waals surface area contributed by atoms with Crippen molar-refractivity contribution in [3.63, 3.8) is 0 Å². The minimum Gasteiger partial charge on any atom is -0.481 e. The zero-order chi connectivity index (χ0) is 26.5. The van der Waals surface area contributed by atoms with Crippen LogP contribution < -0.4 is 10.1 Å². The number of ketones is 1. The number of nitrogens with zero attached hydrogens (tertiary/aromatic N) is 1. The number of pyridine rings is 1. The Morgan fingerprint density at radius 2 is 1.81 bits per heavy atom. The first-order valence-electron chi connectivity index (χ1n) is 12.0. The molecule has 2 aromatic carbocycles. The van der Waals surface area contributed by atoms with Crippen LogP contribution in [0.1, 0.15) is 35.7 Å².